The van der Waals surface area contributed by atoms with Crippen LogP contribution >= 0.6 is 11.6 Å². The molecule has 0 saturated carbocycles. The number of hydrogen-bond donors (Lipinski definition) is 1. The minimum Gasteiger partial charge on any atom is -0.479 e. The Kier molecular flexibility index (Phi) is 7.14. The van der Waals surface area contributed by atoms with Gasteiger partial charge >= 0.3 is 5.97 Å². The summed E-state index contributed by atoms with van der Waals surface area (Å²) in [6, 6.07) is 11.0. The minimum atomic E-state index is -1.27. The van der Waals surface area contributed by atoms with Crippen molar-refractivity contribution in [3.63, 3.8) is 0 Å². The van der Waals surface area contributed by atoms with Gasteiger partial charge in [-0.1, -0.05) is 29.8 Å². The summed E-state index contributed by atoms with van der Waals surface area (Å²) in [5, 5.41) is 11.6. The summed E-state index contributed by atoms with van der Waals surface area (Å²) < 4.78 is 35.5. The molecule has 0 aliphatic rings. The van der Waals surface area contributed by atoms with E-state index in [4.69, 9.17) is 21.3 Å². The van der Waals surface area contributed by atoms with Crippen LogP contribution in [0.3, 0.4) is 0 Å². The summed E-state index contributed by atoms with van der Waals surface area (Å²) in [5.74, 6) is -2.94. The third-order valence-electron chi connectivity index (χ3n) is 6.40. The van der Waals surface area contributed by atoms with Crippen LogP contribution in [0.1, 0.15) is 55.0 Å². The van der Waals surface area contributed by atoms with Crippen molar-refractivity contribution in [3.05, 3.63) is 87.2 Å². The Morgan fingerprint density at radius 2 is 1.73 bits per heavy atom. The van der Waals surface area contributed by atoms with Crippen LogP contribution in [0.15, 0.2) is 42.5 Å². The molecule has 1 N–H and O–H groups in total. The fourth-order valence-electron chi connectivity index (χ4n) is 4.63. The smallest absolute Gasteiger partial charge is 0.337 e. The Morgan fingerprint density at radius 1 is 1.08 bits per heavy atom. The van der Waals surface area contributed by atoms with E-state index in [9.17, 15) is 18.7 Å². The number of nitrogens with zero attached hydrogens (tertiary/aromatic N) is 2. The van der Waals surface area contributed by atoms with Gasteiger partial charge in [-0.3, -0.25) is 0 Å². The standard InChI is InChI=1S/C29H29ClF2N2O3/c1-15-17(3)34(14-18-7-12-21(31)22(32)13-18)27-23(15)25(19-8-10-20(30)11-9-19)24(16(2)33-27)26(28(35)36)37-29(4,5)6/h7-13,26H,14H2,1-6H3,(H,35,36)/t26-/m0/s1. The number of pyridine rings is 1. The zero-order chi connectivity index (χ0) is 27.2. The van der Waals surface area contributed by atoms with E-state index in [1.54, 1.807) is 39.8 Å². The van der Waals surface area contributed by atoms with E-state index < -0.39 is 29.3 Å². The maximum absolute atomic E-state index is 14.0. The molecule has 2 heterocycles. The van der Waals surface area contributed by atoms with E-state index in [0.717, 1.165) is 28.3 Å². The van der Waals surface area contributed by atoms with Gasteiger partial charge in [-0.2, -0.15) is 0 Å². The second-order valence-corrected chi connectivity index (χ2v) is 10.6. The third kappa shape index (κ3) is 5.24. The van der Waals surface area contributed by atoms with Gasteiger partial charge in [0.1, 0.15) is 5.65 Å². The van der Waals surface area contributed by atoms with Gasteiger partial charge in [0.15, 0.2) is 17.7 Å². The molecule has 0 fully saturated rings. The van der Waals surface area contributed by atoms with Crippen molar-refractivity contribution in [2.24, 2.45) is 0 Å². The van der Waals surface area contributed by atoms with Gasteiger partial charge in [0.25, 0.3) is 0 Å². The van der Waals surface area contributed by atoms with Gasteiger partial charge < -0.3 is 14.4 Å². The molecule has 37 heavy (non-hydrogen) atoms. The van der Waals surface area contributed by atoms with Crippen molar-refractivity contribution in [2.75, 3.05) is 0 Å². The number of aliphatic carboxylic acids is 1. The highest BCUT2D eigenvalue weighted by molar-refractivity contribution is 6.30. The fraction of sp³-hybridized carbons (Fsp3) is 0.310. The average Bonchev–Trinajstić information content (AvgIpc) is 3.03. The number of rotatable bonds is 6. The van der Waals surface area contributed by atoms with Gasteiger partial charge in [-0.25, -0.2) is 18.6 Å². The quantitative estimate of drug-likeness (QED) is 0.282. The molecule has 4 aromatic rings. The molecule has 0 amide bonds. The van der Waals surface area contributed by atoms with Crippen molar-refractivity contribution in [2.45, 2.75) is 59.8 Å². The lowest BCUT2D eigenvalue weighted by Gasteiger charge is -2.28. The molecular formula is C29H29ClF2N2O3. The lowest BCUT2D eigenvalue weighted by atomic mass is 9.91. The molecule has 4 rings (SSSR count). The number of fused-ring (bicyclic) bond motifs is 1. The number of ether oxygens (including phenoxy) is 1. The van der Waals surface area contributed by atoms with E-state index >= 15 is 0 Å². The van der Waals surface area contributed by atoms with E-state index in [-0.39, 0.29) is 6.54 Å². The van der Waals surface area contributed by atoms with Crippen LogP contribution in [-0.2, 0) is 16.1 Å². The van der Waals surface area contributed by atoms with E-state index in [2.05, 4.69) is 0 Å². The summed E-state index contributed by atoms with van der Waals surface area (Å²) in [4.78, 5) is 17.4. The fourth-order valence-corrected chi connectivity index (χ4v) is 4.76. The first kappa shape index (κ1) is 26.8. The molecule has 0 spiro atoms. The summed E-state index contributed by atoms with van der Waals surface area (Å²) >= 11 is 6.17. The minimum absolute atomic E-state index is 0.264. The molecule has 0 bridgehead atoms. The maximum Gasteiger partial charge on any atom is 0.337 e. The monoisotopic (exact) mass is 526 g/mol. The number of aryl methyl sites for hydroxylation is 2. The van der Waals surface area contributed by atoms with E-state index in [1.807, 2.05) is 30.5 Å². The summed E-state index contributed by atoms with van der Waals surface area (Å²) in [6.45, 7) is 11.3. The number of aromatic nitrogens is 2. The van der Waals surface area contributed by atoms with Crippen LogP contribution in [-0.4, -0.2) is 26.2 Å². The number of benzene rings is 2. The van der Waals surface area contributed by atoms with Gasteiger partial charge in [0.2, 0.25) is 0 Å². The van der Waals surface area contributed by atoms with Gasteiger partial charge in [0.05, 0.1) is 5.60 Å². The number of hydrogen-bond acceptors (Lipinski definition) is 3. The second-order valence-electron chi connectivity index (χ2n) is 10.2. The zero-order valence-electron chi connectivity index (χ0n) is 21.6. The SMILES string of the molecule is Cc1nc2c(c(C)c(C)n2Cc2ccc(F)c(F)c2)c(-c2ccc(Cl)cc2)c1[C@H](OC(C)(C)C)C(=O)O. The topological polar surface area (TPSA) is 64.4 Å². The van der Waals surface area contributed by atoms with Crippen LogP contribution in [0.2, 0.25) is 5.02 Å². The highest BCUT2D eigenvalue weighted by atomic mass is 35.5. The first-order chi connectivity index (χ1) is 17.3. The number of carbonyl (C=O) groups is 1. The van der Waals surface area contributed by atoms with Crippen molar-refractivity contribution in [3.8, 4) is 11.1 Å². The first-order valence-corrected chi connectivity index (χ1v) is 12.3. The lowest BCUT2D eigenvalue weighted by Crippen LogP contribution is -2.28. The molecule has 0 radical (unpaired) electrons. The molecule has 1 atom stereocenters. The molecule has 2 aromatic carbocycles. The third-order valence-corrected chi connectivity index (χ3v) is 6.65. The van der Waals surface area contributed by atoms with Crippen molar-refractivity contribution in [1.29, 1.82) is 0 Å². The largest absolute Gasteiger partial charge is 0.479 e. The van der Waals surface area contributed by atoms with E-state index in [0.29, 0.717) is 33.1 Å². The molecule has 5 nitrogen and oxygen atoms in total. The van der Waals surface area contributed by atoms with Gasteiger partial charge in [-0.15, -0.1) is 0 Å². The molecular weight excluding hydrogens is 498 g/mol. The summed E-state index contributed by atoms with van der Waals surface area (Å²) in [7, 11) is 0. The second kappa shape index (κ2) is 9.88. The zero-order valence-corrected chi connectivity index (χ0v) is 22.4. The molecule has 0 aliphatic carbocycles. The Morgan fingerprint density at radius 3 is 2.30 bits per heavy atom. The van der Waals surface area contributed by atoms with Crippen LogP contribution < -0.4 is 0 Å². The molecule has 0 aliphatic heterocycles. The Bertz CT molecular complexity index is 1510. The van der Waals surface area contributed by atoms with Crippen LogP contribution in [0.5, 0.6) is 0 Å². The Balaban J connectivity index is 2.06. The molecule has 194 valence electrons. The van der Waals surface area contributed by atoms with Crippen LogP contribution in [0.4, 0.5) is 8.78 Å². The Hall–Kier alpha value is -3.29. The van der Waals surface area contributed by atoms with Crippen molar-refractivity contribution >= 4 is 28.6 Å². The highest BCUT2D eigenvalue weighted by Crippen LogP contribution is 2.42. The predicted molar refractivity (Wildman–Crippen MR) is 141 cm³/mol. The summed E-state index contributed by atoms with van der Waals surface area (Å²) in [5.41, 5.74) is 4.67. The van der Waals surface area contributed by atoms with E-state index in [1.165, 1.54) is 12.1 Å². The predicted octanol–water partition coefficient (Wildman–Crippen LogP) is 7.55. The molecule has 0 saturated heterocycles. The highest BCUT2D eigenvalue weighted by Gasteiger charge is 2.33. The van der Waals surface area contributed by atoms with Gasteiger partial charge in [0, 0.05) is 39.5 Å². The molecule has 8 heteroatoms. The van der Waals surface area contributed by atoms with Gasteiger partial charge in [-0.05, 0) is 82.5 Å². The average molecular weight is 527 g/mol. The lowest BCUT2D eigenvalue weighted by molar-refractivity contribution is -0.160. The molecule has 0 unspecified atom stereocenters. The van der Waals surface area contributed by atoms with Crippen molar-refractivity contribution in [1.82, 2.24) is 9.55 Å². The van der Waals surface area contributed by atoms with Crippen molar-refractivity contribution < 1.29 is 23.4 Å². The number of carboxylic acid groups (broad SMARTS) is 1. The number of halogens is 3. The normalized spacial score (nSPS) is 12.8. The Labute approximate surface area is 219 Å². The van der Waals surface area contributed by atoms with Crippen LogP contribution in [0, 0.1) is 32.4 Å². The first-order valence-electron chi connectivity index (χ1n) is 11.9. The maximum atomic E-state index is 14.0. The number of carboxylic acids is 1. The van der Waals surface area contributed by atoms with Crippen LogP contribution in [0.25, 0.3) is 22.2 Å². The summed E-state index contributed by atoms with van der Waals surface area (Å²) in [6.07, 6.45) is -1.27. The molecule has 2 aromatic heterocycles.